The zero-order valence-electron chi connectivity index (χ0n) is 11.2. The molecule has 0 amide bonds. The largest absolute Gasteiger partial charge is 0.500 e. The molecule has 0 saturated heterocycles. The number of esters is 1. The lowest BCUT2D eigenvalue weighted by atomic mass is 10.1. The Bertz CT molecular complexity index is 538. The highest BCUT2D eigenvalue weighted by Crippen LogP contribution is 2.37. The fourth-order valence-electron chi connectivity index (χ4n) is 1.42. The Morgan fingerprint density at radius 3 is 2.75 bits per heavy atom. The molecule has 0 bridgehead atoms. The van der Waals surface area contributed by atoms with Crippen molar-refractivity contribution in [3.63, 3.8) is 0 Å². The molecule has 0 aromatic heterocycles. The summed E-state index contributed by atoms with van der Waals surface area (Å²) in [6, 6.07) is 2.52. The third kappa shape index (κ3) is 3.98. The molecule has 108 valence electrons. The summed E-state index contributed by atoms with van der Waals surface area (Å²) in [4.78, 5) is 21.4. The van der Waals surface area contributed by atoms with Crippen LogP contribution in [0.1, 0.15) is 18.9 Å². The summed E-state index contributed by atoms with van der Waals surface area (Å²) in [6.45, 7) is 2.17. The molecule has 0 spiro atoms. The van der Waals surface area contributed by atoms with E-state index in [1.807, 2.05) is 6.92 Å². The first-order chi connectivity index (χ1) is 9.49. The Hall–Kier alpha value is -2.57. The molecule has 0 aliphatic carbocycles. The van der Waals surface area contributed by atoms with Crippen LogP contribution in [-0.4, -0.2) is 29.7 Å². The minimum absolute atomic E-state index is 0.0409. The fourth-order valence-corrected chi connectivity index (χ4v) is 1.42. The quantitative estimate of drug-likeness (QED) is 0.371. The average molecular weight is 281 g/mol. The van der Waals surface area contributed by atoms with Gasteiger partial charge in [-0.3, -0.25) is 10.1 Å². The topological polar surface area (TPSA) is 98.9 Å². The number of phenols is 1. The number of benzene rings is 1. The molecule has 0 aliphatic rings. The van der Waals surface area contributed by atoms with E-state index in [0.717, 1.165) is 12.1 Å². The van der Waals surface area contributed by atoms with E-state index in [9.17, 15) is 20.0 Å². The van der Waals surface area contributed by atoms with Gasteiger partial charge in [-0.2, -0.15) is 0 Å². The summed E-state index contributed by atoms with van der Waals surface area (Å²) >= 11 is 0. The second-order valence-corrected chi connectivity index (χ2v) is 3.85. The molecule has 1 rings (SSSR count). The molecule has 7 nitrogen and oxygen atoms in total. The Kier molecular flexibility index (Phi) is 5.52. The molecule has 1 aromatic carbocycles. The molecule has 1 N–H and O–H groups in total. The Balaban J connectivity index is 3.01. The normalized spacial score (nSPS) is 10.5. The Morgan fingerprint density at radius 1 is 1.50 bits per heavy atom. The highest BCUT2D eigenvalue weighted by molar-refractivity contribution is 5.87. The minimum atomic E-state index is -0.732. The zero-order valence-corrected chi connectivity index (χ0v) is 11.2. The molecule has 0 heterocycles. The molecule has 1 aromatic rings. The SMILES string of the molecule is CCCOC(=O)/C=C/c1cc(OC)c(O)c([N+](=O)[O-])c1. The van der Waals surface area contributed by atoms with Crippen LogP contribution in [0.4, 0.5) is 5.69 Å². The van der Waals surface area contributed by atoms with Gasteiger partial charge < -0.3 is 14.6 Å². The van der Waals surface area contributed by atoms with Crippen molar-refractivity contribution < 1.29 is 24.3 Å². The summed E-state index contributed by atoms with van der Waals surface area (Å²) < 4.78 is 9.67. The van der Waals surface area contributed by atoms with Crippen molar-refractivity contribution in [2.75, 3.05) is 13.7 Å². The second kappa shape index (κ2) is 7.13. The first kappa shape index (κ1) is 15.5. The van der Waals surface area contributed by atoms with Gasteiger partial charge in [0.2, 0.25) is 5.75 Å². The molecular formula is C13H15NO6. The summed E-state index contributed by atoms with van der Waals surface area (Å²) in [5.41, 5.74) is -0.147. The van der Waals surface area contributed by atoms with Crippen molar-refractivity contribution in [3.05, 3.63) is 33.9 Å². The van der Waals surface area contributed by atoms with Gasteiger partial charge in [-0.05, 0) is 24.1 Å². The average Bonchev–Trinajstić information content (AvgIpc) is 2.43. The predicted octanol–water partition coefficient (Wildman–Crippen LogP) is 2.28. The van der Waals surface area contributed by atoms with Gasteiger partial charge in [0.25, 0.3) is 0 Å². The lowest BCUT2D eigenvalue weighted by Crippen LogP contribution is -2.00. The van der Waals surface area contributed by atoms with Gasteiger partial charge in [0, 0.05) is 12.1 Å². The van der Waals surface area contributed by atoms with Gasteiger partial charge in [-0.15, -0.1) is 0 Å². The maximum atomic E-state index is 11.3. The number of aromatic hydroxyl groups is 1. The lowest BCUT2D eigenvalue weighted by Gasteiger charge is -2.05. The highest BCUT2D eigenvalue weighted by Gasteiger charge is 2.19. The van der Waals surface area contributed by atoms with Crippen molar-refractivity contribution in [1.82, 2.24) is 0 Å². The molecule has 0 unspecified atom stereocenters. The molecule has 0 fully saturated rings. The van der Waals surface area contributed by atoms with E-state index in [-0.39, 0.29) is 5.75 Å². The van der Waals surface area contributed by atoms with Crippen LogP contribution >= 0.6 is 0 Å². The smallest absolute Gasteiger partial charge is 0.330 e. The second-order valence-electron chi connectivity index (χ2n) is 3.85. The minimum Gasteiger partial charge on any atom is -0.500 e. The van der Waals surface area contributed by atoms with Crippen LogP contribution in [-0.2, 0) is 9.53 Å². The number of ether oxygens (including phenoxy) is 2. The van der Waals surface area contributed by atoms with Crippen LogP contribution in [0.3, 0.4) is 0 Å². The number of nitro benzene ring substituents is 1. The first-order valence-electron chi connectivity index (χ1n) is 5.89. The number of carbonyl (C=O) groups is 1. The Morgan fingerprint density at radius 2 is 2.20 bits per heavy atom. The number of hydrogen-bond donors (Lipinski definition) is 1. The zero-order chi connectivity index (χ0) is 15.1. The highest BCUT2D eigenvalue weighted by atomic mass is 16.6. The van der Waals surface area contributed by atoms with E-state index in [0.29, 0.717) is 18.6 Å². The van der Waals surface area contributed by atoms with E-state index in [1.165, 1.54) is 19.3 Å². The first-order valence-corrected chi connectivity index (χ1v) is 5.89. The number of hydrogen-bond acceptors (Lipinski definition) is 6. The van der Waals surface area contributed by atoms with Crippen LogP contribution < -0.4 is 4.74 Å². The van der Waals surface area contributed by atoms with E-state index in [1.54, 1.807) is 0 Å². The summed E-state index contributed by atoms with van der Waals surface area (Å²) in [5.74, 6) is -1.13. The Labute approximate surface area is 115 Å². The van der Waals surface area contributed by atoms with Gasteiger partial charge in [-0.1, -0.05) is 6.92 Å². The number of carbonyl (C=O) groups excluding carboxylic acids is 1. The van der Waals surface area contributed by atoms with Crippen molar-refractivity contribution in [1.29, 1.82) is 0 Å². The summed E-state index contributed by atoms with van der Waals surface area (Å²) in [5, 5.41) is 20.4. The van der Waals surface area contributed by atoms with Gasteiger partial charge in [0.1, 0.15) is 0 Å². The van der Waals surface area contributed by atoms with Crippen molar-refractivity contribution in [3.8, 4) is 11.5 Å². The maximum Gasteiger partial charge on any atom is 0.330 e. The van der Waals surface area contributed by atoms with Crippen LogP contribution in [0.25, 0.3) is 6.08 Å². The van der Waals surface area contributed by atoms with Gasteiger partial charge in [0.05, 0.1) is 18.6 Å². The number of phenolic OH excluding ortho intramolecular Hbond substituents is 1. The maximum absolute atomic E-state index is 11.3. The van der Waals surface area contributed by atoms with Crippen molar-refractivity contribution in [2.45, 2.75) is 13.3 Å². The standard InChI is InChI=1S/C13H15NO6/c1-3-6-20-12(15)5-4-9-7-10(14(17)18)13(16)11(8-9)19-2/h4-5,7-8,16H,3,6H2,1-2H3/b5-4+. The van der Waals surface area contributed by atoms with Gasteiger partial charge in [0.15, 0.2) is 5.75 Å². The molecule has 20 heavy (non-hydrogen) atoms. The monoisotopic (exact) mass is 281 g/mol. The molecule has 0 radical (unpaired) electrons. The number of methoxy groups -OCH3 is 1. The fraction of sp³-hybridized carbons (Fsp3) is 0.308. The predicted molar refractivity (Wildman–Crippen MR) is 71.6 cm³/mol. The summed E-state index contributed by atoms with van der Waals surface area (Å²) in [7, 11) is 1.28. The van der Waals surface area contributed by atoms with Gasteiger partial charge >= 0.3 is 11.7 Å². The molecule has 0 atom stereocenters. The van der Waals surface area contributed by atoms with E-state index < -0.39 is 22.3 Å². The van der Waals surface area contributed by atoms with Gasteiger partial charge in [-0.25, -0.2) is 4.79 Å². The van der Waals surface area contributed by atoms with E-state index in [2.05, 4.69) is 0 Å². The van der Waals surface area contributed by atoms with E-state index >= 15 is 0 Å². The van der Waals surface area contributed by atoms with Crippen molar-refractivity contribution >= 4 is 17.7 Å². The van der Waals surface area contributed by atoms with E-state index in [4.69, 9.17) is 9.47 Å². The third-order valence-electron chi connectivity index (χ3n) is 2.35. The van der Waals surface area contributed by atoms with Crippen LogP contribution in [0.15, 0.2) is 18.2 Å². The molecular weight excluding hydrogens is 266 g/mol. The molecule has 0 saturated carbocycles. The van der Waals surface area contributed by atoms with Crippen LogP contribution in [0.5, 0.6) is 11.5 Å². The lowest BCUT2D eigenvalue weighted by molar-refractivity contribution is -0.386. The molecule has 7 heteroatoms. The van der Waals surface area contributed by atoms with Crippen LogP contribution in [0.2, 0.25) is 0 Å². The third-order valence-corrected chi connectivity index (χ3v) is 2.35. The molecule has 0 aliphatic heterocycles. The van der Waals surface area contributed by atoms with Crippen LogP contribution in [0, 0.1) is 10.1 Å². The van der Waals surface area contributed by atoms with Crippen molar-refractivity contribution in [2.24, 2.45) is 0 Å². The number of nitro groups is 1. The summed E-state index contributed by atoms with van der Waals surface area (Å²) in [6.07, 6.45) is 3.22. The number of rotatable bonds is 6. The number of nitrogens with zero attached hydrogens (tertiary/aromatic N) is 1.